The van der Waals surface area contributed by atoms with Crippen LogP contribution < -0.4 is 16.4 Å². The lowest BCUT2D eigenvalue weighted by Crippen LogP contribution is -2.54. The van der Waals surface area contributed by atoms with E-state index in [2.05, 4.69) is 24.5 Å². The number of carbonyl (C=O) groups is 5. The van der Waals surface area contributed by atoms with Crippen LogP contribution in [0.5, 0.6) is 0 Å². The highest BCUT2D eigenvalue weighted by molar-refractivity contribution is 6.37. The maximum Gasteiger partial charge on any atom is 0.287 e. The molecular weight excluding hydrogens is 436 g/mol. The maximum absolute atomic E-state index is 12.8. The van der Waals surface area contributed by atoms with Crippen LogP contribution in [0.2, 0.25) is 0 Å². The Labute approximate surface area is 202 Å². The van der Waals surface area contributed by atoms with Gasteiger partial charge >= 0.3 is 0 Å². The van der Waals surface area contributed by atoms with E-state index in [-0.39, 0.29) is 30.2 Å². The van der Waals surface area contributed by atoms with Gasteiger partial charge in [-0.25, -0.2) is 0 Å². The molecule has 34 heavy (non-hydrogen) atoms. The van der Waals surface area contributed by atoms with Crippen molar-refractivity contribution in [3.05, 3.63) is 0 Å². The van der Waals surface area contributed by atoms with Crippen LogP contribution in [0, 0.1) is 17.8 Å². The van der Waals surface area contributed by atoms with Gasteiger partial charge in [-0.1, -0.05) is 59.3 Å². The van der Waals surface area contributed by atoms with Crippen molar-refractivity contribution in [2.24, 2.45) is 23.5 Å². The summed E-state index contributed by atoms with van der Waals surface area (Å²) in [5, 5.41) is 5.27. The average molecular weight is 479 g/mol. The molecule has 3 unspecified atom stereocenters. The number of hydrogen-bond acceptors (Lipinski definition) is 5. The summed E-state index contributed by atoms with van der Waals surface area (Å²) in [5.74, 6) is -2.34. The molecule has 4 amide bonds. The summed E-state index contributed by atoms with van der Waals surface area (Å²) >= 11 is 0. The van der Waals surface area contributed by atoms with Gasteiger partial charge in [0, 0.05) is 12.5 Å². The third-order valence-corrected chi connectivity index (χ3v) is 5.99. The molecule has 0 spiro atoms. The Morgan fingerprint density at radius 1 is 0.971 bits per heavy atom. The lowest BCUT2D eigenvalue weighted by atomic mass is 10.0. The van der Waals surface area contributed by atoms with E-state index >= 15 is 0 Å². The van der Waals surface area contributed by atoms with E-state index in [4.69, 9.17) is 5.73 Å². The van der Waals surface area contributed by atoms with Crippen molar-refractivity contribution in [3.8, 4) is 0 Å². The van der Waals surface area contributed by atoms with Crippen LogP contribution in [0.15, 0.2) is 0 Å². The fourth-order valence-electron chi connectivity index (χ4n) is 3.68. The Bertz CT molecular complexity index is 743. The molecule has 192 valence electrons. The fourth-order valence-corrected chi connectivity index (χ4v) is 3.68. The molecule has 0 aromatic carbocycles. The summed E-state index contributed by atoms with van der Waals surface area (Å²) in [5.41, 5.74) is 5.11. The van der Waals surface area contributed by atoms with Crippen LogP contribution in [-0.2, 0) is 24.0 Å². The molecule has 3 aliphatic carbocycles. The third-order valence-electron chi connectivity index (χ3n) is 5.99. The first-order valence-corrected chi connectivity index (χ1v) is 12.9. The van der Waals surface area contributed by atoms with Crippen LogP contribution in [0.4, 0.5) is 0 Å². The van der Waals surface area contributed by atoms with Crippen LogP contribution in [0.25, 0.3) is 0 Å². The van der Waals surface area contributed by atoms with Crippen LogP contribution >= 0.6 is 0 Å². The van der Waals surface area contributed by atoms with Crippen molar-refractivity contribution in [1.82, 2.24) is 15.5 Å². The van der Waals surface area contributed by atoms with Crippen molar-refractivity contribution < 1.29 is 24.0 Å². The number of rotatable bonds is 9. The number of nitrogens with one attached hydrogen (secondary N) is 2. The first kappa shape index (κ1) is 27.8. The van der Waals surface area contributed by atoms with Crippen molar-refractivity contribution in [2.45, 2.75) is 97.1 Å². The molecule has 3 saturated carbocycles. The van der Waals surface area contributed by atoms with Gasteiger partial charge in [-0.2, -0.15) is 0 Å². The minimum Gasteiger partial charge on any atom is -0.363 e. The second-order valence-corrected chi connectivity index (χ2v) is 10.1. The van der Waals surface area contributed by atoms with Gasteiger partial charge in [0.25, 0.3) is 5.91 Å². The molecule has 1 heterocycles. The van der Waals surface area contributed by atoms with E-state index in [0.29, 0.717) is 25.3 Å². The Balaban J connectivity index is 0.000000602. The predicted molar refractivity (Wildman–Crippen MR) is 128 cm³/mol. The number of nitrogens with zero attached hydrogens (tertiary/aromatic N) is 1. The largest absolute Gasteiger partial charge is 0.363 e. The van der Waals surface area contributed by atoms with E-state index in [1.807, 2.05) is 6.92 Å². The molecule has 1 saturated heterocycles. The number of likely N-dealkylation sites (tertiary alicyclic amines) is 1. The summed E-state index contributed by atoms with van der Waals surface area (Å²) in [7, 11) is 0. The monoisotopic (exact) mass is 478 g/mol. The third kappa shape index (κ3) is 9.81. The predicted octanol–water partition coefficient (Wildman–Crippen LogP) is 1.68. The summed E-state index contributed by atoms with van der Waals surface area (Å²) in [6.07, 6.45) is 10.2. The van der Waals surface area contributed by atoms with Gasteiger partial charge in [0.1, 0.15) is 6.04 Å². The van der Waals surface area contributed by atoms with Gasteiger partial charge in [-0.15, -0.1) is 0 Å². The second-order valence-electron chi connectivity index (χ2n) is 10.1. The molecule has 0 aromatic heterocycles. The molecule has 4 N–H and O–H groups in total. The first-order valence-electron chi connectivity index (χ1n) is 12.9. The Morgan fingerprint density at radius 2 is 1.56 bits per heavy atom. The van der Waals surface area contributed by atoms with Crippen LogP contribution in [-0.4, -0.2) is 59.5 Å². The Kier molecular flexibility index (Phi) is 11.0. The lowest BCUT2D eigenvalue weighted by Gasteiger charge is -2.26. The molecule has 0 bridgehead atoms. The van der Waals surface area contributed by atoms with Gasteiger partial charge in [0.2, 0.25) is 23.5 Å². The minimum atomic E-state index is -1.07. The molecule has 9 heteroatoms. The zero-order valence-electron chi connectivity index (χ0n) is 20.9. The minimum absolute atomic E-state index is 0.00684. The van der Waals surface area contributed by atoms with Crippen LogP contribution in [0.1, 0.15) is 85.0 Å². The van der Waals surface area contributed by atoms with E-state index in [1.54, 1.807) is 0 Å². The number of ketones is 1. The number of primary amides is 1. The number of hydrogen-bond donors (Lipinski definition) is 3. The highest BCUT2D eigenvalue weighted by atomic mass is 16.2. The van der Waals surface area contributed by atoms with Gasteiger partial charge in [-0.3, -0.25) is 24.0 Å². The first-order chi connectivity index (χ1) is 16.2. The normalized spacial score (nSPS) is 23.3. The molecule has 0 aromatic rings. The van der Waals surface area contributed by atoms with Gasteiger partial charge in [0.15, 0.2) is 0 Å². The highest BCUT2D eigenvalue weighted by Gasteiger charge is 2.40. The van der Waals surface area contributed by atoms with Crippen molar-refractivity contribution >= 4 is 29.4 Å². The average Bonchev–Trinajstić information content (AvgIpc) is 3.64. The SMILES string of the molecule is C1CC1.CC1CC(C(=O)NC(CC2CC2)C(=O)C(N)=O)N(C(=O)CNC(=O)C2CC2)C1.CCC. The molecule has 4 aliphatic rings. The Morgan fingerprint density at radius 3 is 2.03 bits per heavy atom. The highest BCUT2D eigenvalue weighted by Crippen LogP contribution is 2.34. The van der Waals surface area contributed by atoms with E-state index in [0.717, 1.165) is 25.7 Å². The zero-order chi connectivity index (χ0) is 25.3. The molecule has 0 radical (unpaired) electrons. The quantitative estimate of drug-likeness (QED) is 0.433. The number of nitrogens with two attached hydrogens (primary N) is 1. The Hall–Kier alpha value is -2.45. The topological polar surface area (TPSA) is 139 Å². The molecular formula is C25H42N4O5. The molecule has 9 nitrogen and oxygen atoms in total. The second kappa shape index (κ2) is 13.4. The lowest BCUT2D eigenvalue weighted by molar-refractivity contribution is -0.141. The van der Waals surface area contributed by atoms with Gasteiger partial charge < -0.3 is 21.3 Å². The zero-order valence-corrected chi connectivity index (χ0v) is 20.9. The molecule has 1 aliphatic heterocycles. The number of amides is 4. The van der Waals surface area contributed by atoms with Crippen LogP contribution in [0.3, 0.4) is 0 Å². The number of Topliss-reactive ketones (excluding diaryl/α,β-unsaturated/α-hetero) is 1. The van der Waals surface area contributed by atoms with E-state index < -0.39 is 29.7 Å². The summed E-state index contributed by atoms with van der Waals surface area (Å²) < 4.78 is 0. The number of carbonyl (C=O) groups excluding carboxylic acids is 5. The summed E-state index contributed by atoms with van der Waals surface area (Å²) in [6.45, 7) is 6.46. The molecule has 4 fully saturated rings. The summed E-state index contributed by atoms with van der Waals surface area (Å²) in [4.78, 5) is 61.9. The van der Waals surface area contributed by atoms with Crippen molar-refractivity contribution in [3.63, 3.8) is 0 Å². The summed E-state index contributed by atoms with van der Waals surface area (Å²) in [6, 6.07) is -1.66. The smallest absolute Gasteiger partial charge is 0.287 e. The van der Waals surface area contributed by atoms with Gasteiger partial charge in [-0.05, 0) is 37.5 Å². The maximum atomic E-state index is 12.8. The van der Waals surface area contributed by atoms with E-state index in [1.165, 1.54) is 30.6 Å². The fraction of sp³-hybridized carbons (Fsp3) is 0.800. The van der Waals surface area contributed by atoms with Crippen molar-refractivity contribution in [1.29, 1.82) is 0 Å². The standard InChI is InChI=1S/C19H28N4O5.C3H6.C3H8/c1-10-6-14(23(9-10)15(24)8-21-18(27)12-4-5-12)19(28)22-13(7-11-2-3-11)16(25)17(20)26;1-2-3-1;1-3-2/h10-14H,2-9H2,1H3,(H2,20,26)(H,21,27)(H,22,28);1-3H2;3H2,1-2H3. The van der Waals surface area contributed by atoms with Crippen molar-refractivity contribution in [2.75, 3.05) is 13.1 Å². The molecule has 4 rings (SSSR count). The van der Waals surface area contributed by atoms with E-state index in [9.17, 15) is 24.0 Å². The molecule has 3 atom stereocenters. The van der Waals surface area contributed by atoms with Gasteiger partial charge in [0.05, 0.1) is 12.6 Å².